The number of nitrogens with zero attached hydrogens (tertiary/aromatic N) is 2. The number of amides is 1. The molecule has 0 atom stereocenters. The Morgan fingerprint density at radius 2 is 2.00 bits per heavy atom. The molecule has 0 bridgehead atoms. The molecule has 5 heteroatoms. The average Bonchev–Trinajstić information content (AvgIpc) is 2.97. The summed E-state index contributed by atoms with van der Waals surface area (Å²) in [4.78, 5) is 20.8. The van der Waals surface area contributed by atoms with Gasteiger partial charge in [-0.2, -0.15) is 0 Å². The number of rotatable bonds is 9. The molecule has 2 heterocycles. The molecule has 0 spiro atoms. The molecule has 0 fully saturated rings. The highest BCUT2D eigenvalue weighted by Crippen LogP contribution is 2.18. The predicted molar refractivity (Wildman–Crippen MR) is 93.3 cm³/mol. The topological polar surface area (TPSA) is 42.4 Å². The average molecular weight is 332 g/mol. The Hall–Kier alpha value is -1.72. The van der Waals surface area contributed by atoms with E-state index in [9.17, 15) is 4.79 Å². The molecule has 2 aromatic heterocycles. The number of unbranched alkanes of at least 4 members (excludes halogenated alkanes) is 1. The van der Waals surface area contributed by atoms with E-state index in [0.717, 1.165) is 18.4 Å². The van der Waals surface area contributed by atoms with Crippen molar-refractivity contribution in [2.75, 3.05) is 13.2 Å². The first kappa shape index (κ1) is 17.6. The summed E-state index contributed by atoms with van der Waals surface area (Å²) < 4.78 is 5.50. The number of pyridine rings is 1. The zero-order valence-corrected chi connectivity index (χ0v) is 14.6. The zero-order valence-electron chi connectivity index (χ0n) is 13.8. The minimum atomic E-state index is 0.0315. The molecule has 0 aliphatic rings. The van der Waals surface area contributed by atoms with Gasteiger partial charge in [-0.3, -0.25) is 9.78 Å². The van der Waals surface area contributed by atoms with E-state index in [4.69, 9.17) is 4.74 Å². The number of carbonyl (C=O) groups is 1. The fourth-order valence-electron chi connectivity index (χ4n) is 2.20. The molecule has 124 valence electrons. The van der Waals surface area contributed by atoms with Crippen molar-refractivity contribution < 1.29 is 9.53 Å². The first-order chi connectivity index (χ1) is 11.2. The molecule has 1 amide bonds. The van der Waals surface area contributed by atoms with Crippen LogP contribution in [0.1, 0.15) is 35.1 Å². The van der Waals surface area contributed by atoms with Gasteiger partial charge >= 0.3 is 0 Å². The van der Waals surface area contributed by atoms with Crippen LogP contribution in [0.5, 0.6) is 0 Å². The summed E-state index contributed by atoms with van der Waals surface area (Å²) in [6.07, 6.45) is 5.57. The van der Waals surface area contributed by atoms with Crippen LogP contribution in [0, 0.1) is 6.92 Å². The van der Waals surface area contributed by atoms with E-state index in [1.165, 1.54) is 9.75 Å². The van der Waals surface area contributed by atoms with Gasteiger partial charge in [-0.05, 0) is 43.2 Å². The molecule has 0 aliphatic carbocycles. The van der Waals surface area contributed by atoms with Gasteiger partial charge in [0, 0.05) is 35.3 Å². The third kappa shape index (κ3) is 6.12. The maximum atomic E-state index is 12.5. The summed E-state index contributed by atoms with van der Waals surface area (Å²) in [5.41, 5.74) is 1.08. The molecule has 4 nitrogen and oxygen atoms in total. The number of hydrogen-bond acceptors (Lipinski definition) is 4. The quantitative estimate of drug-likeness (QED) is 0.656. The Morgan fingerprint density at radius 1 is 1.22 bits per heavy atom. The smallest absolute Gasteiger partial charge is 0.249 e. The standard InChI is InChI=1S/C18H24N2O2S/c1-3-4-11-22-14-18(21)20(12-16-7-9-19-10-8-16)13-17-6-5-15(2)23-17/h5-10H,3-4,11-14H2,1-2H3. The van der Waals surface area contributed by atoms with Crippen LogP contribution in [-0.2, 0) is 22.6 Å². The predicted octanol–water partition coefficient (Wildman–Crippen LogP) is 3.80. The maximum Gasteiger partial charge on any atom is 0.249 e. The zero-order chi connectivity index (χ0) is 16.5. The number of hydrogen-bond donors (Lipinski definition) is 0. The number of carbonyl (C=O) groups excluding carboxylic acids is 1. The minimum absolute atomic E-state index is 0.0315. The van der Waals surface area contributed by atoms with Crippen molar-refractivity contribution in [1.29, 1.82) is 0 Å². The second-order valence-electron chi connectivity index (χ2n) is 5.52. The van der Waals surface area contributed by atoms with E-state index < -0.39 is 0 Å². The summed E-state index contributed by atoms with van der Waals surface area (Å²) in [6.45, 7) is 6.18. The second kappa shape index (κ2) is 9.43. The summed E-state index contributed by atoms with van der Waals surface area (Å²) in [7, 11) is 0. The van der Waals surface area contributed by atoms with Crippen LogP contribution in [0.3, 0.4) is 0 Å². The number of thiophene rings is 1. The lowest BCUT2D eigenvalue weighted by Crippen LogP contribution is -2.33. The van der Waals surface area contributed by atoms with Crippen molar-refractivity contribution in [3.8, 4) is 0 Å². The van der Waals surface area contributed by atoms with Gasteiger partial charge in [0.05, 0.1) is 6.54 Å². The van der Waals surface area contributed by atoms with E-state index >= 15 is 0 Å². The molecule has 2 rings (SSSR count). The summed E-state index contributed by atoms with van der Waals surface area (Å²) in [6, 6.07) is 8.06. The molecular formula is C18H24N2O2S. The lowest BCUT2D eigenvalue weighted by Gasteiger charge is -2.22. The maximum absolute atomic E-state index is 12.5. The molecule has 0 unspecified atom stereocenters. The Balaban J connectivity index is 1.99. The van der Waals surface area contributed by atoms with E-state index in [1.54, 1.807) is 23.7 Å². The van der Waals surface area contributed by atoms with Crippen LogP contribution in [0.15, 0.2) is 36.7 Å². The fourth-order valence-corrected chi connectivity index (χ4v) is 3.10. The molecule has 0 radical (unpaired) electrons. The Bertz CT molecular complexity index is 598. The molecule has 0 aromatic carbocycles. The lowest BCUT2D eigenvalue weighted by atomic mass is 10.2. The van der Waals surface area contributed by atoms with Gasteiger partial charge in [0.1, 0.15) is 6.61 Å². The summed E-state index contributed by atoms with van der Waals surface area (Å²) in [5.74, 6) is 0.0315. The van der Waals surface area contributed by atoms with Gasteiger partial charge in [-0.15, -0.1) is 11.3 Å². The van der Waals surface area contributed by atoms with Gasteiger partial charge in [0.2, 0.25) is 5.91 Å². The fraction of sp³-hybridized carbons (Fsp3) is 0.444. The normalized spacial score (nSPS) is 10.7. The lowest BCUT2D eigenvalue weighted by molar-refractivity contribution is -0.137. The van der Waals surface area contributed by atoms with Crippen molar-refractivity contribution in [2.45, 2.75) is 39.8 Å². The summed E-state index contributed by atoms with van der Waals surface area (Å²) >= 11 is 1.73. The number of aromatic nitrogens is 1. The van der Waals surface area contributed by atoms with E-state index in [1.807, 2.05) is 17.0 Å². The highest BCUT2D eigenvalue weighted by molar-refractivity contribution is 7.11. The first-order valence-corrected chi connectivity index (χ1v) is 8.80. The molecule has 2 aromatic rings. The van der Waals surface area contributed by atoms with E-state index in [-0.39, 0.29) is 12.5 Å². The third-order valence-electron chi connectivity index (χ3n) is 3.49. The van der Waals surface area contributed by atoms with Crippen molar-refractivity contribution in [3.63, 3.8) is 0 Å². The van der Waals surface area contributed by atoms with Gasteiger partial charge in [0.15, 0.2) is 0 Å². The van der Waals surface area contributed by atoms with Crippen molar-refractivity contribution in [2.24, 2.45) is 0 Å². The largest absolute Gasteiger partial charge is 0.372 e. The Labute approximate surface area is 142 Å². The Kier molecular flexibility index (Phi) is 7.23. The molecule has 0 saturated carbocycles. The molecule has 0 aliphatic heterocycles. The van der Waals surface area contributed by atoms with Gasteiger partial charge in [-0.1, -0.05) is 13.3 Å². The van der Waals surface area contributed by atoms with Crippen molar-refractivity contribution >= 4 is 17.2 Å². The second-order valence-corrected chi connectivity index (χ2v) is 6.90. The molecule has 0 N–H and O–H groups in total. The van der Waals surface area contributed by atoms with Crippen molar-refractivity contribution in [1.82, 2.24) is 9.88 Å². The van der Waals surface area contributed by atoms with Crippen LogP contribution in [0.25, 0.3) is 0 Å². The third-order valence-corrected chi connectivity index (χ3v) is 4.47. The first-order valence-electron chi connectivity index (χ1n) is 7.98. The van der Waals surface area contributed by atoms with Crippen LogP contribution in [-0.4, -0.2) is 29.0 Å². The molecular weight excluding hydrogens is 308 g/mol. The summed E-state index contributed by atoms with van der Waals surface area (Å²) in [5, 5.41) is 0. The number of aryl methyl sites for hydroxylation is 1. The van der Waals surface area contributed by atoms with Crippen LogP contribution in [0.4, 0.5) is 0 Å². The van der Waals surface area contributed by atoms with Gasteiger partial charge < -0.3 is 9.64 Å². The van der Waals surface area contributed by atoms with Crippen molar-refractivity contribution in [3.05, 3.63) is 52.0 Å². The number of ether oxygens (including phenoxy) is 1. The van der Waals surface area contributed by atoms with E-state index in [0.29, 0.717) is 19.7 Å². The molecule has 0 saturated heterocycles. The van der Waals surface area contributed by atoms with Gasteiger partial charge in [-0.25, -0.2) is 0 Å². The monoisotopic (exact) mass is 332 g/mol. The Morgan fingerprint density at radius 3 is 2.65 bits per heavy atom. The van der Waals surface area contributed by atoms with Gasteiger partial charge in [0.25, 0.3) is 0 Å². The SMILES string of the molecule is CCCCOCC(=O)N(Cc1ccncc1)Cc1ccc(C)s1. The van der Waals surface area contributed by atoms with Crippen LogP contribution >= 0.6 is 11.3 Å². The highest BCUT2D eigenvalue weighted by Gasteiger charge is 2.15. The minimum Gasteiger partial charge on any atom is -0.372 e. The van der Waals surface area contributed by atoms with Crippen LogP contribution < -0.4 is 0 Å². The molecule has 23 heavy (non-hydrogen) atoms. The van der Waals surface area contributed by atoms with E-state index in [2.05, 4.69) is 31.0 Å². The van der Waals surface area contributed by atoms with Crippen LogP contribution in [0.2, 0.25) is 0 Å². The highest BCUT2D eigenvalue weighted by atomic mass is 32.1.